The molecule has 5 heteroatoms. The van der Waals surface area contributed by atoms with E-state index in [-0.39, 0.29) is 5.92 Å². The third kappa shape index (κ3) is 1.95. The molecule has 30 heavy (non-hydrogen) atoms. The van der Waals surface area contributed by atoms with Crippen LogP contribution in [0.3, 0.4) is 0 Å². The average Bonchev–Trinajstić information content (AvgIpc) is 2.98. The highest BCUT2D eigenvalue weighted by Gasteiger charge is 2.80. The Bertz CT molecular complexity index is 953. The Morgan fingerprint density at radius 2 is 1.80 bits per heavy atom. The van der Waals surface area contributed by atoms with Gasteiger partial charge in [0, 0.05) is 17.3 Å². The second-order valence-corrected chi connectivity index (χ2v) is 10.6. The van der Waals surface area contributed by atoms with Gasteiger partial charge >= 0.3 is 0 Å². The molecule has 2 N–H and O–H groups in total. The van der Waals surface area contributed by atoms with Gasteiger partial charge in [0.1, 0.15) is 17.5 Å². The summed E-state index contributed by atoms with van der Waals surface area (Å²) in [7, 11) is 1.68. The van der Waals surface area contributed by atoms with Crippen LogP contribution in [0.2, 0.25) is 0 Å². The summed E-state index contributed by atoms with van der Waals surface area (Å²) in [5.74, 6) is -0.947. The molecule has 4 aliphatic rings. The van der Waals surface area contributed by atoms with Crippen molar-refractivity contribution in [2.45, 2.75) is 83.1 Å². The van der Waals surface area contributed by atoms with E-state index in [2.05, 4.69) is 32.1 Å². The highest BCUT2D eigenvalue weighted by Crippen LogP contribution is 2.73. The van der Waals surface area contributed by atoms with Gasteiger partial charge in [-0.25, -0.2) is 0 Å². The first kappa shape index (κ1) is 20.5. The Labute approximate surface area is 179 Å². The monoisotopic (exact) mass is 414 g/mol. The van der Waals surface area contributed by atoms with Gasteiger partial charge in [0.05, 0.1) is 18.3 Å². The summed E-state index contributed by atoms with van der Waals surface area (Å²) in [5, 5.41) is 23.6. The van der Waals surface area contributed by atoms with Crippen LogP contribution in [-0.2, 0) is 15.1 Å². The molecule has 3 fully saturated rings. The van der Waals surface area contributed by atoms with Crippen molar-refractivity contribution in [1.29, 1.82) is 0 Å². The third-order valence-electron chi connectivity index (χ3n) is 9.36. The summed E-state index contributed by atoms with van der Waals surface area (Å²) in [4.78, 5) is 0. The van der Waals surface area contributed by atoms with Crippen molar-refractivity contribution < 1.29 is 24.4 Å². The summed E-state index contributed by atoms with van der Waals surface area (Å²) in [6.07, 6.45) is 4.65. The zero-order valence-electron chi connectivity index (χ0n) is 19.1. The summed E-state index contributed by atoms with van der Waals surface area (Å²) in [6.45, 7) is 12.1. The lowest BCUT2D eigenvalue weighted by Gasteiger charge is -2.62. The molecule has 7 atom stereocenters. The van der Waals surface area contributed by atoms with Gasteiger partial charge in [-0.1, -0.05) is 39.0 Å². The molecule has 2 aliphatic carbocycles. The number of fused-ring (bicyclic) bond motifs is 1. The molecule has 0 radical (unpaired) electrons. The molecule has 1 aromatic carbocycles. The molecule has 1 saturated carbocycles. The first-order chi connectivity index (χ1) is 13.9. The molecule has 2 heterocycles. The molecule has 5 rings (SSSR count). The van der Waals surface area contributed by atoms with Crippen LogP contribution in [0.15, 0.2) is 18.2 Å². The van der Waals surface area contributed by atoms with Crippen molar-refractivity contribution in [2.24, 2.45) is 17.3 Å². The Kier molecular flexibility index (Phi) is 3.89. The number of hydrogen-bond acceptors (Lipinski definition) is 5. The molecule has 164 valence electrons. The second kappa shape index (κ2) is 5.69. The molecule has 1 aromatic rings. The van der Waals surface area contributed by atoms with Crippen molar-refractivity contribution >= 4 is 6.08 Å². The molecule has 1 spiro atoms. The molecular weight excluding hydrogens is 380 g/mol. The number of ether oxygens (including phenoxy) is 3. The molecule has 2 aliphatic heterocycles. The smallest absolute Gasteiger partial charge is 0.201 e. The van der Waals surface area contributed by atoms with Crippen molar-refractivity contribution in [3.05, 3.63) is 34.9 Å². The molecule has 2 saturated heterocycles. The minimum absolute atomic E-state index is 0.125. The van der Waals surface area contributed by atoms with Gasteiger partial charge in [0.25, 0.3) is 0 Å². The molecular formula is C25H34O5. The van der Waals surface area contributed by atoms with Gasteiger partial charge in [0.15, 0.2) is 0 Å². The number of aliphatic hydroxyl groups is 2. The lowest BCUT2D eigenvalue weighted by atomic mass is 9.55. The van der Waals surface area contributed by atoms with E-state index in [0.717, 1.165) is 22.4 Å². The minimum atomic E-state index is -1.26. The third-order valence-corrected chi connectivity index (χ3v) is 9.36. The van der Waals surface area contributed by atoms with Crippen LogP contribution in [0.1, 0.15) is 64.2 Å². The van der Waals surface area contributed by atoms with E-state index in [4.69, 9.17) is 14.2 Å². The van der Waals surface area contributed by atoms with Gasteiger partial charge in [0.2, 0.25) is 5.79 Å². The highest BCUT2D eigenvalue weighted by atomic mass is 16.7. The zero-order chi connectivity index (χ0) is 21.9. The Balaban J connectivity index is 1.77. The summed E-state index contributed by atoms with van der Waals surface area (Å²) < 4.78 is 19.2. The minimum Gasteiger partial charge on any atom is -0.496 e. The Hall–Kier alpha value is -1.40. The van der Waals surface area contributed by atoms with Gasteiger partial charge in [-0.05, 0) is 56.4 Å². The highest BCUT2D eigenvalue weighted by molar-refractivity contribution is 5.68. The van der Waals surface area contributed by atoms with Crippen molar-refractivity contribution in [3.8, 4) is 5.75 Å². The van der Waals surface area contributed by atoms with Crippen LogP contribution in [-0.4, -0.2) is 40.4 Å². The van der Waals surface area contributed by atoms with Gasteiger partial charge in [-0.15, -0.1) is 0 Å². The standard InChI is InChI=1S/C25H34O5/c1-14-17-10-11-22(6)23(27)12-13-24(22,18(17)8-9-19(14)28-7)30-25(16(23)3)20(26)15(2)21(4,5)29-25/h8-11,15-16,20,26-27H,12-13H2,1-7H3/t15-,16-,20+,22+,23-,24-,25-/m0/s1. The lowest BCUT2D eigenvalue weighted by molar-refractivity contribution is -0.405. The maximum absolute atomic E-state index is 12.2. The first-order valence-electron chi connectivity index (χ1n) is 11.1. The van der Waals surface area contributed by atoms with Crippen molar-refractivity contribution in [1.82, 2.24) is 0 Å². The second-order valence-electron chi connectivity index (χ2n) is 10.6. The maximum atomic E-state index is 12.2. The normalized spacial score (nSPS) is 48.0. The number of rotatable bonds is 1. The van der Waals surface area contributed by atoms with Crippen LogP contribution >= 0.6 is 0 Å². The van der Waals surface area contributed by atoms with E-state index in [9.17, 15) is 10.2 Å². The summed E-state index contributed by atoms with van der Waals surface area (Å²) >= 11 is 0. The average molecular weight is 415 g/mol. The summed E-state index contributed by atoms with van der Waals surface area (Å²) in [5.41, 5.74) is 0.136. The quantitative estimate of drug-likeness (QED) is 0.729. The molecule has 0 amide bonds. The van der Waals surface area contributed by atoms with Gasteiger partial charge in [-0.2, -0.15) is 0 Å². The maximum Gasteiger partial charge on any atom is 0.201 e. The number of hydrogen-bond donors (Lipinski definition) is 2. The fourth-order valence-electron chi connectivity index (χ4n) is 6.97. The molecule has 0 unspecified atom stereocenters. The van der Waals surface area contributed by atoms with Crippen LogP contribution in [0, 0.1) is 24.2 Å². The van der Waals surface area contributed by atoms with Gasteiger partial charge < -0.3 is 24.4 Å². The topological polar surface area (TPSA) is 68.2 Å². The molecule has 5 nitrogen and oxygen atoms in total. The SMILES string of the molecule is COc1ccc2c(c1C)C=C[C@@]1(C)[C@]23CC[C@]1(O)[C@H](C)[C@]1(OC(C)(C)[C@@H](C)[C@H]1O)O3. The van der Waals surface area contributed by atoms with E-state index in [1.807, 2.05) is 33.8 Å². The zero-order valence-corrected chi connectivity index (χ0v) is 19.1. The fraction of sp³-hybridized carbons (Fsp3) is 0.680. The van der Waals surface area contributed by atoms with Gasteiger partial charge in [-0.3, -0.25) is 0 Å². The van der Waals surface area contributed by atoms with E-state index in [1.165, 1.54) is 0 Å². The van der Waals surface area contributed by atoms with E-state index in [1.54, 1.807) is 7.11 Å². The molecule has 0 aromatic heterocycles. The number of benzene rings is 1. The van der Waals surface area contributed by atoms with E-state index in [0.29, 0.717) is 12.8 Å². The van der Waals surface area contributed by atoms with Crippen molar-refractivity contribution in [2.75, 3.05) is 7.11 Å². The Morgan fingerprint density at radius 1 is 1.10 bits per heavy atom. The van der Waals surface area contributed by atoms with Crippen LogP contribution in [0.25, 0.3) is 6.08 Å². The predicted octanol–water partition coefficient (Wildman–Crippen LogP) is 3.93. The predicted molar refractivity (Wildman–Crippen MR) is 114 cm³/mol. The van der Waals surface area contributed by atoms with Crippen molar-refractivity contribution in [3.63, 3.8) is 0 Å². The lowest BCUT2D eigenvalue weighted by Crippen LogP contribution is -2.71. The number of aliphatic hydroxyl groups excluding tert-OH is 1. The first-order valence-corrected chi connectivity index (χ1v) is 11.1. The van der Waals surface area contributed by atoms with Crippen LogP contribution in [0.4, 0.5) is 0 Å². The summed E-state index contributed by atoms with van der Waals surface area (Å²) in [6, 6.07) is 4.04. The molecule has 2 bridgehead atoms. The number of methoxy groups -OCH3 is 1. The largest absolute Gasteiger partial charge is 0.496 e. The van der Waals surface area contributed by atoms with E-state index < -0.39 is 40.0 Å². The fourth-order valence-corrected chi connectivity index (χ4v) is 6.97. The van der Waals surface area contributed by atoms with Crippen LogP contribution in [0.5, 0.6) is 5.75 Å². The van der Waals surface area contributed by atoms with Crippen LogP contribution < -0.4 is 4.74 Å². The van der Waals surface area contributed by atoms with E-state index >= 15 is 0 Å². The Morgan fingerprint density at radius 3 is 2.40 bits per heavy atom.